The summed E-state index contributed by atoms with van der Waals surface area (Å²) in [5, 5.41) is 2.09. The van der Waals surface area contributed by atoms with Crippen LogP contribution < -0.4 is 10.3 Å². The van der Waals surface area contributed by atoms with Crippen molar-refractivity contribution < 1.29 is 14.4 Å². The van der Waals surface area contributed by atoms with Gasteiger partial charge in [-0.2, -0.15) is 0 Å². The SMILES string of the molecule is O=C1C2C(c3ccc(Cl)cc3)NN(C(=O)c3cccc(Br)c3)C2C(=O)N1c1ccccc1Cl. The maximum absolute atomic E-state index is 13.6. The first kappa shape index (κ1) is 22.1. The number of benzene rings is 3. The molecule has 2 heterocycles. The Morgan fingerprint density at radius 2 is 1.64 bits per heavy atom. The fraction of sp³-hybridized carbons (Fsp3) is 0.125. The Morgan fingerprint density at radius 1 is 0.909 bits per heavy atom. The Labute approximate surface area is 208 Å². The lowest BCUT2D eigenvalue weighted by Gasteiger charge is -2.25. The minimum atomic E-state index is -1.03. The van der Waals surface area contributed by atoms with Crippen molar-refractivity contribution >= 4 is 62.5 Å². The van der Waals surface area contributed by atoms with Crippen molar-refractivity contribution in [3.8, 4) is 0 Å². The maximum Gasteiger partial charge on any atom is 0.268 e. The second kappa shape index (κ2) is 8.57. The fourth-order valence-corrected chi connectivity index (χ4v) is 5.10. The van der Waals surface area contributed by atoms with Crippen molar-refractivity contribution in [1.82, 2.24) is 10.4 Å². The minimum Gasteiger partial charge on any atom is -0.274 e. The minimum absolute atomic E-state index is 0.278. The Kier molecular flexibility index (Phi) is 5.74. The molecule has 0 aromatic heterocycles. The molecule has 1 N–H and O–H groups in total. The molecule has 3 atom stereocenters. The first-order chi connectivity index (χ1) is 15.9. The Morgan fingerprint density at radius 3 is 2.33 bits per heavy atom. The highest BCUT2D eigenvalue weighted by atomic mass is 79.9. The molecule has 2 aliphatic heterocycles. The molecular weight excluding hydrogens is 529 g/mol. The van der Waals surface area contributed by atoms with E-state index in [1.807, 2.05) is 0 Å². The zero-order valence-corrected chi connectivity index (χ0v) is 20.0. The smallest absolute Gasteiger partial charge is 0.268 e. The number of anilines is 1. The summed E-state index contributed by atoms with van der Waals surface area (Å²) in [5.41, 5.74) is 4.53. The lowest BCUT2D eigenvalue weighted by atomic mass is 9.91. The number of hydrogen-bond donors (Lipinski definition) is 1. The molecule has 9 heteroatoms. The zero-order valence-electron chi connectivity index (χ0n) is 16.9. The fourth-order valence-electron chi connectivity index (χ4n) is 4.35. The van der Waals surface area contributed by atoms with Crippen LogP contribution in [0.3, 0.4) is 0 Å². The summed E-state index contributed by atoms with van der Waals surface area (Å²) in [7, 11) is 0. The molecule has 33 heavy (non-hydrogen) atoms. The van der Waals surface area contributed by atoms with Gasteiger partial charge in [0.25, 0.3) is 11.8 Å². The van der Waals surface area contributed by atoms with Gasteiger partial charge in [-0.15, -0.1) is 0 Å². The number of fused-ring (bicyclic) bond motifs is 1. The molecule has 0 saturated carbocycles. The molecule has 6 nitrogen and oxygen atoms in total. The molecule has 3 unspecified atom stereocenters. The summed E-state index contributed by atoms with van der Waals surface area (Å²) in [5.74, 6) is -2.17. The number of carbonyl (C=O) groups is 3. The van der Waals surface area contributed by atoms with Gasteiger partial charge in [0, 0.05) is 15.1 Å². The van der Waals surface area contributed by atoms with E-state index in [0.717, 1.165) is 14.9 Å². The number of nitrogens with one attached hydrogen (secondary N) is 1. The quantitative estimate of drug-likeness (QED) is 0.470. The van der Waals surface area contributed by atoms with E-state index in [2.05, 4.69) is 21.4 Å². The van der Waals surface area contributed by atoms with Gasteiger partial charge in [0.15, 0.2) is 0 Å². The molecule has 3 aromatic rings. The highest BCUT2D eigenvalue weighted by Gasteiger charge is 2.60. The van der Waals surface area contributed by atoms with Crippen LogP contribution in [0.25, 0.3) is 0 Å². The van der Waals surface area contributed by atoms with Crippen LogP contribution in [0.4, 0.5) is 5.69 Å². The van der Waals surface area contributed by atoms with Crippen molar-refractivity contribution in [2.45, 2.75) is 12.1 Å². The summed E-state index contributed by atoms with van der Waals surface area (Å²) >= 11 is 15.7. The van der Waals surface area contributed by atoms with Crippen molar-refractivity contribution in [3.63, 3.8) is 0 Å². The van der Waals surface area contributed by atoms with E-state index in [-0.39, 0.29) is 5.02 Å². The Hall–Kier alpha value is -2.71. The van der Waals surface area contributed by atoms with Gasteiger partial charge in [-0.05, 0) is 48.0 Å². The van der Waals surface area contributed by atoms with E-state index in [0.29, 0.717) is 16.3 Å². The van der Waals surface area contributed by atoms with Gasteiger partial charge in [-0.1, -0.05) is 69.5 Å². The van der Waals surface area contributed by atoms with Crippen LogP contribution in [0.2, 0.25) is 10.0 Å². The van der Waals surface area contributed by atoms with Gasteiger partial charge >= 0.3 is 0 Å². The van der Waals surface area contributed by atoms with Crippen LogP contribution in [0.5, 0.6) is 0 Å². The average Bonchev–Trinajstić information content (AvgIpc) is 3.31. The molecule has 0 spiro atoms. The Bertz CT molecular complexity index is 1280. The van der Waals surface area contributed by atoms with E-state index >= 15 is 0 Å². The molecular formula is C24H16BrCl2N3O3. The van der Waals surface area contributed by atoms with Crippen LogP contribution >= 0.6 is 39.1 Å². The molecule has 3 amide bonds. The number of imide groups is 1. The van der Waals surface area contributed by atoms with Crippen LogP contribution in [-0.2, 0) is 9.59 Å². The average molecular weight is 545 g/mol. The van der Waals surface area contributed by atoms with Gasteiger partial charge in [0.05, 0.1) is 22.7 Å². The van der Waals surface area contributed by atoms with Gasteiger partial charge in [-0.25, -0.2) is 10.3 Å². The van der Waals surface area contributed by atoms with Crippen LogP contribution in [0.15, 0.2) is 77.3 Å². The third-order valence-electron chi connectivity index (χ3n) is 5.85. The summed E-state index contributed by atoms with van der Waals surface area (Å²) in [6.07, 6.45) is 0. The number of rotatable bonds is 3. The monoisotopic (exact) mass is 543 g/mol. The van der Waals surface area contributed by atoms with E-state index in [4.69, 9.17) is 23.2 Å². The summed E-state index contributed by atoms with van der Waals surface area (Å²) in [6.45, 7) is 0. The molecule has 2 saturated heterocycles. The first-order valence-corrected chi connectivity index (χ1v) is 11.6. The number of amides is 3. The van der Waals surface area contributed by atoms with Gasteiger partial charge in [-0.3, -0.25) is 19.4 Å². The summed E-state index contributed by atoms with van der Waals surface area (Å²) in [4.78, 5) is 41.7. The van der Waals surface area contributed by atoms with Crippen LogP contribution in [0.1, 0.15) is 22.0 Å². The largest absolute Gasteiger partial charge is 0.274 e. The second-order valence-corrected chi connectivity index (χ2v) is 9.54. The number of nitrogens with zero attached hydrogens (tertiary/aromatic N) is 2. The molecule has 0 aliphatic carbocycles. The third kappa shape index (κ3) is 3.75. The van der Waals surface area contributed by atoms with Crippen LogP contribution in [0, 0.1) is 5.92 Å². The summed E-state index contributed by atoms with van der Waals surface area (Å²) in [6, 6.07) is 18.9. The predicted molar refractivity (Wildman–Crippen MR) is 129 cm³/mol. The lowest BCUT2D eigenvalue weighted by molar-refractivity contribution is -0.123. The maximum atomic E-state index is 13.6. The van der Waals surface area contributed by atoms with Gasteiger partial charge in [0.1, 0.15) is 6.04 Å². The van der Waals surface area contributed by atoms with Crippen LogP contribution in [-0.4, -0.2) is 28.8 Å². The molecule has 166 valence electrons. The molecule has 3 aromatic carbocycles. The normalized spacial score (nSPS) is 22.1. The number of hydrazine groups is 1. The summed E-state index contributed by atoms with van der Waals surface area (Å²) < 4.78 is 0.727. The first-order valence-electron chi connectivity index (χ1n) is 10.1. The lowest BCUT2D eigenvalue weighted by Crippen LogP contribution is -2.48. The molecule has 0 bridgehead atoms. The topological polar surface area (TPSA) is 69.7 Å². The van der Waals surface area contributed by atoms with E-state index in [9.17, 15) is 14.4 Å². The van der Waals surface area contributed by atoms with Gasteiger partial charge in [0.2, 0.25) is 5.91 Å². The van der Waals surface area contributed by atoms with E-state index in [1.54, 1.807) is 72.8 Å². The molecule has 2 aliphatic rings. The number of halogens is 3. The molecule has 2 fully saturated rings. The van der Waals surface area contributed by atoms with Crippen molar-refractivity contribution in [1.29, 1.82) is 0 Å². The van der Waals surface area contributed by atoms with Crippen molar-refractivity contribution in [2.75, 3.05) is 4.90 Å². The Balaban J connectivity index is 1.60. The predicted octanol–water partition coefficient (Wildman–Crippen LogP) is 5.02. The molecule has 0 radical (unpaired) electrons. The highest BCUT2D eigenvalue weighted by molar-refractivity contribution is 9.10. The number of carbonyl (C=O) groups excluding carboxylic acids is 3. The standard InChI is InChI=1S/C24H16BrCl2N3O3/c25-15-5-3-4-14(12-15)22(31)30-21-19(20(28-30)13-8-10-16(26)11-9-13)23(32)29(24(21)33)18-7-2-1-6-17(18)27/h1-12,19-21,28H. The highest BCUT2D eigenvalue weighted by Crippen LogP contribution is 2.43. The van der Waals surface area contributed by atoms with Crippen molar-refractivity contribution in [2.24, 2.45) is 5.92 Å². The third-order valence-corrected chi connectivity index (χ3v) is 6.91. The zero-order chi connectivity index (χ0) is 23.3. The second-order valence-electron chi connectivity index (χ2n) is 7.78. The number of hydrogen-bond acceptors (Lipinski definition) is 4. The molecule has 5 rings (SSSR count). The number of para-hydroxylation sites is 1. The van der Waals surface area contributed by atoms with E-state index < -0.39 is 35.7 Å². The van der Waals surface area contributed by atoms with Crippen molar-refractivity contribution in [3.05, 3.63) is 98.4 Å². The van der Waals surface area contributed by atoms with E-state index in [1.165, 1.54) is 5.01 Å². The van der Waals surface area contributed by atoms with Gasteiger partial charge < -0.3 is 0 Å².